The summed E-state index contributed by atoms with van der Waals surface area (Å²) in [5.41, 5.74) is 6.21. The van der Waals surface area contributed by atoms with E-state index < -0.39 is 6.10 Å². The summed E-state index contributed by atoms with van der Waals surface area (Å²) in [5, 5.41) is 12.3. The number of rotatable bonds is 7. The first-order valence-corrected chi connectivity index (χ1v) is 6.67. The molecule has 20 heavy (non-hydrogen) atoms. The zero-order valence-corrected chi connectivity index (χ0v) is 11.5. The number of phenolic OH excluding ortho intramolecular Hbond substituents is 1. The van der Waals surface area contributed by atoms with E-state index in [1.807, 2.05) is 0 Å². The van der Waals surface area contributed by atoms with Gasteiger partial charge in [-0.3, -0.25) is 4.79 Å². The zero-order valence-electron chi connectivity index (χ0n) is 11.5. The van der Waals surface area contributed by atoms with Crippen LogP contribution in [0, 0.1) is 0 Å². The molecule has 1 aliphatic rings. The van der Waals surface area contributed by atoms with Gasteiger partial charge in [0.05, 0.1) is 7.11 Å². The summed E-state index contributed by atoms with van der Waals surface area (Å²) in [5.74, 6) is 0.332. The lowest BCUT2D eigenvalue weighted by molar-refractivity contribution is -0.122. The summed E-state index contributed by atoms with van der Waals surface area (Å²) in [6.07, 6.45) is 1.04. The van der Waals surface area contributed by atoms with Crippen LogP contribution in [0.1, 0.15) is 24.5 Å². The van der Waals surface area contributed by atoms with Gasteiger partial charge in [0.1, 0.15) is 6.10 Å². The number of hydrogen-bond donors (Lipinski definition) is 3. The predicted molar refractivity (Wildman–Crippen MR) is 73.6 cm³/mol. The number of amides is 1. The van der Waals surface area contributed by atoms with Crippen LogP contribution in [0.4, 0.5) is 0 Å². The molecule has 6 nitrogen and oxygen atoms in total. The first kappa shape index (κ1) is 14.6. The van der Waals surface area contributed by atoms with Crippen molar-refractivity contribution >= 4 is 5.91 Å². The van der Waals surface area contributed by atoms with Crippen molar-refractivity contribution in [2.24, 2.45) is 5.73 Å². The fourth-order valence-electron chi connectivity index (χ4n) is 2.02. The molecule has 0 aromatic heterocycles. The van der Waals surface area contributed by atoms with Crippen LogP contribution in [0.15, 0.2) is 18.2 Å². The van der Waals surface area contributed by atoms with Gasteiger partial charge in [0.15, 0.2) is 17.6 Å². The molecule has 0 bridgehead atoms. The molecule has 4 N–H and O–H groups in total. The molecule has 1 fully saturated rings. The highest BCUT2D eigenvalue weighted by Crippen LogP contribution is 2.41. The van der Waals surface area contributed by atoms with Crippen LogP contribution in [0.2, 0.25) is 0 Å². The Morgan fingerprint density at radius 3 is 3.00 bits per heavy atom. The van der Waals surface area contributed by atoms with Crippen LogP contribution in [-0.2, 0) is 9.53 Å². The fourth-order valence-corrected chi connectivity index (χ4v) is 2.02. The number of aromatic hydroxyl groups is 1. The van der Waals surface area contributed by atoms with Gasteiger partial charge in [0.2, 0.25) is 0 Å². The second kappa shape index (κ2) is 6.58. The smallest absolute Gasteiger partial charge is 0.252 e. The molecule has 1 aliphatic heterocycles. The minimum absolute atomic E-state index is 0.0692. The van der Waals surface area contributed by atoms with Gasteiger partial charge >= 0.3 is 0 Å². The number of carbonyl (C=O) groups is 1. The van der Waals surface area contributed by atoms with Crippen molar-refractivity contribution in [1.82, 2.24) is 5.32 Å². The van der Waals surface area contributed by atoms with Crippen LogP contribution < -0.4 is 15.8 Å². The number of carbonyl (C=O) groups excluding carboxylic acids is 1. The molecule has 0 spiro atoms. The number of hydrogen-bond acceptors (Lipinski definition) is 5. The van der Waals surface area contributed by atoms with Crippen molar-refractivity contribution in [3.8, 4) is 11.5 Å². The summed E-state index contributed by atoms with van der Waals surface area (Å²) < 4.78 is 10.4. The Balaban J connectivity index is 1.86. The lowest BCUT2D eigenvalue weighted by Gasteiger charge is -2.05. The van der Waals surface area contributed by atoms with E-state index in [0.29, 0.717) is 18.8 Å². The van der Waals surface area contributed by atoms with Gasteiger partial charge in [-0.25, -0.2) is 0 Å². The third-order valence-electron chi connectivity index (χ3n) is 3.21. The minimum Gasteiger partial charge on any atom is -0.504 e. The molecular formula is C14H20N2O4. The highest BCUT2D eigenvalue weighted by Gasteiger charge is 2.46. The van der Waals surface area contributed by atoms with Crippen LogP contribution in [0.5, 0.6) is 11.5 Å². The van der Waals surface area contributed by atoms with Crippen LogP contribution in [0.3, 0.4) is 0 Å². The monoisotopic (exact) mass is 280 g/mol. The number of epoxide rings is 1. The van der Waals surface area contributed by atoms with Gasteiger partial charge in [-0.2, -0.15) is 0 Å². The first-order valence-electron chi connectivity index (χ1n) is 6.67. The van der Waals surface area contributed by atoms with Crippen molar-refractivity contribution in [2.45, 2.75) is 25.0 Å². The molecule has 0 saturated carbocycles. The van der Waals surface area contributed by atoms with E-state index in [1.54, 1.807) is 12.1 Å². The van der Waals surface area contributed by atoms with Gasteiger partial charge in [-0.1, -0.05) is 6.07 Å². The molecule has 2 rings (SSSR count). The predicted octanol–water partition coefficient (Wildman–Crippen LogP) is 0.696. The SMILES string of the molecule is COc1cc(C2OC2C(=O)NCCCCN)ccc1O. The van der Waals surface area contributed by atoms with Gasteiger partial charge in [-0.15, -0.1) is 0 Å². The Kier molecular flexibility index (Phi) is 4.81. The number of phenols is 1. The quantitative estimate of drug-likeness (QED) is 0.504. The Bertz CT molecular complexity index is 478. The lowest BCUT2D eigenvalue weighted by Crippen LogP contribution is -2.29. The van der Waals surface area contributed by atoms with Crippen molar-refractivity contribution in [2.75, 3.05) is 20.2 Å². The Morgan fingerprint density at radius 2 is 2.30 bits per heavy atom. The molecule has 6 heteroatoms. The summed E-state index contributed by atoms with van der Waals surface area (Å²) >= 11 is 0. The summed E-state index contributed by atoms with van der Waals surface area (Å²) in [4.78, 5) is 11.8. The number of methoxy groups -OCH3 is 1. The summed E-state index contributed by atoms with van der Waals surface area (Å²) in [6, 6.07) is 4.94. The van der Waals surface area contributed by atoms with Crippen LogP contribution >= 0.6 is 0 Å². The largest absolute Gasteiger partial charge is 0.504 e. The Hall–Kier alpha value is -1.79. The summed E-state index contributed by atoms with van der Waals surface area (Å²) in [7, 11) is 1.48. The standard InChI is InChI=1S/C14H20N2O4/c1-19-11-8-9(4-5-10(11)17)12-13(20-12)14(18)16-7-3-2-6-15/h4-5,8,12-13,17H,2-3,6-7,15H2,1H3,(H,16,18). The molecule has 1 aromatic carbocycles. The highest BCUT2D eigenvalue weighted by molar-refractivity contribution is 5.84. The average Bonchev–Trinajstić information content (AvgIpc) is 3.24. The Labute approximate surface area is 117 Å². The molecule has 2 unspecified atom stereocenters. The van der Waals surface area contributed by atoms with E-state index in [0.717, 1.165) is 18.4 Å². The number of benzene rings is 1. The van der Waals surface area contributed by atoms with E-state index in [1.165, 1.54) is 13.2 Å². The van der Waals surface area contributed by atoms with Crippen molar-refractivity contribution < 1.29 is 19.4 Å². The maximum Gasteiger partial charge on any atom is 0.252 e. The van der Waals surface area contributed by atoms with Gasteiger partial charge in [-0.05, 0) is 37.1 Å². The van der Waals surface area contributed by atoms with Gasteiger partial charge in [0, 0.05) is 6.54 Å². The second-order valence-corrected chi connectivity index (χ2v) is 4.70. The lowest BCUT2D eigenvalue weighted by atomic mass is 10.1. The molecule has 1 heterocycles. The van der Waals surface area contributed by atoms with E-state index in [9.17, 15) is 9.90 Å². The maximum atomic E-state index is 11.8. The first-order chi connectivity index (χ1) is 9.67. The zero-order chi connectivity index (χ0) is 14.5. The number of nitrogens with one attached hydrogen (secondary N) is 1. The number of nitrogens with two attached hydrogens (primary N) is 1. The Morgan fingerprint density at radius 1 is 1.50 bits per heavy atom. The van der Waals surface area contributed by atoms with Crippen molar-refractivity contribution in [3.63, 3.8) is 0 Å². The fraction of sp³-hybridized carbons (Fsp3) is 0.500. The molecule has 1 saturated heterocycles. The van der Waals surface area contributed by atoms with Crippen LogP contribution in [-0.4, -0.2) is 37.3 Å². The molecule has 1 amide bonds. The molecule has 110 valence electrons. The third-order valence-corrected chi connectivity index (χ3v) is 3.21. The molecule has 2 atom stereocenters. The number of unbranched alkanes of at least 4 members (excludes halogenated alkanes) is 1. The maximum absolute atomic E-state index is 11.8. The highest BCUT2D eigenvalue weighted by atomic mass is 16.6. The van der Waals surface area contributed by atoms with Crippen molar-refractivity contribution in [3.05, 3.63) is 23.8 Å². The van der Waals surface area contributed by atoms with Gasteiger partial charge in [0.25, 0.3) is 5.91 Å². The van der Waals surface area contributed by atoms with E-state index in [-0.39, 0.29) is 17.8 Å². The third kappa shape index (κ3) is 3.40. The van der Waals surface area contributed by atoms with E-state index in [4.69, 9.17) is 15.2 Å². The van der Waals surface area contributed by atoms with Gasteiger partial charge < -0.3 is 25.6 Å². The topological polar surface area (TPSA) is 97.1 Å². The van der Waals surface area contributed by atoms with E-state index >= 15 is 0 Å². The molecule has 1 aromatic rings. The second-order valence-electron chi connectivity index (χ2n) is 4.70. The molecule has 0 aliphatic carbocycles. The molecular weight excluding hydrogens is 260 g/mol. The molecule has 0 radical (unpaired) electrons. The minimum atomic E-state index is -0.456. The average molecular weight is 280 g/mol. The number of ether oxygens (including phenoxy) is 2. The summed E-state index contributed by atoms with van der Waals surface area (Å²) in [6.45, 7) is 1.24. The van der Waals surface area contributed by atoms with Crippen molar-refractivity contribution in [1.29, 1.82) is 0 Å². The van der Waals surface area contributed by atoms with Crippen LogP contribution in [0.25, 0.3) is 0 Å². The van der Waals surface area contributed by atoms with E-state index in [2.05, 4.69) is 5.32 Å². The normalized spacial score (nSPS) is 20.5.